The lowest BCUT2D eigenvalue weighted by molar-refractivity contribution is -0.142. The molecular formula is C15H22O2. The van der Waals surface area contributed by atoms with Crippen LogP contribution in [0.3, 0.4) is 0 Å². The molecule has 1 aromatic carbocycles. The van der Waals surface area contributed by atoms with Gasteiger partial charge in [0.2, 0.25) is 0 Å². The third-order valence-electron chi connectivity index (χ3n) is 3.07. The van der Waals surface area contributed by atoms with Crippen LogP contribution in [-0.2, 0) is 14.9 Å². The third kappa shape index (κ3) is 3.32. The molecule has 0 aliphatic heterocycles. The van der Waals surface area contributed by atoms with Crippen molar-refractivity contribution < 1.29 is 9.53 Å². The highest BCUT2D eigenvalue weighted by molar-refractivity contribution is 5.77. The fourth-order valence-corrected chi connectivity index (χ4v) is 1.90. The molecule has 17 heavy (non-hydrogen) atoms. The third-order valence-corrected chi connectivity index (χ3v) is 3.07. The number of hydrogen-bond acceptors (Lipinski definition) is 2. The molecule has 0 saturated heterocycles. The van der Waals surface area contributed by atoms with Crippen LogP contribution in [-0.4, -0.2) is 13.1 Å². The Morgan fingerprint density at radius 3 is 2.12 bits per heavy atom. The lowest BCUT2D eigenvalue weighted by Crippen LogP contribution is -2.15. The number of hydrogen-bond donors (Lipinski definition) is 0. The van der Waals surface area contributed by atoms with Gasteiger partial charge in [0.1, 0.15) is 0 Å². The molecule has 0 aromatic heterocycles. The molecule has 1 atom stereocenters. The van der Waals surface area contributed by atoms with E-state index in [9.17, 15) is 4.79 Å². The van der Waals surface area contributed by atoms with Gasteiger partial charge in [-0.2, -0.15) is 0 Å². The highest BCUT2D eigenvalue weighted by Gasteiger charge is 2.20. The van der Waals surface area contributed by atoms with E-state index in [1.807, 2.05) is 19.1 Å². The Morgan fingerprint density at radius 1 is 1.24 bits per heavy atom. The van der Waals surface area contributed by atoms with Gasteiger partial charge in [-0.1, -0.05) is 52.0 Å². The van der Waals surface area contributed by atoms with E-state index in [2.05, 4.69) is 32.9 Å². The summed E-state index contributed by atoms with van der Waals surface area (Å²) in [5.41, 5.74) is 2.46. The second-order valence-electron chi connectivity index (χ2n) is 5.36. The normalized spacial score (nSPS) is 13.2. The molecule has 1 rings (SSSR count). The molecule has 0 radical (unpaired) electrons. The summed E-state index contributed by atoms with van der Waals surface area (Å²) in [6.45, 7) is 8.54. The summed E-state index contributed by atoms with van der Waals surface area (Å²) in [5.74, 6) is -0.301. The molecule has 2 nitrogen and oxygen atoms in total. The van der Waals surface area contributed by atoms with Gasteiger partial charge in [-0.3, -0.25) is 4.79 Å². The molecule has 0 heterocycles. The van der Waals surface area contributed by atoms with E-state index < -0.39 is 0 Å². The maximum atomic E-state index is 11.6. The monoisotopic (exact) mass is 234 g/mol. The highest BCUT2D eigenvalue weighted by atomic mass is 16.5. The molecular weight excluding hydrogens is 212 g/mol. The van der Waals surface area contributed by atoms with Crippen molar-refractivity contribution in [1.29, 1.82) is 0 Å². The summed E-state index contributed by atoms with van der Waals surface area (Å²) < 4.78 is 4.82. The molecule has 0 amide bonds. The Balaban J connectivity index is 2.97. The van der Waals surface area contributed by atoms with Crippen LogP contribution in [0, 0.1) is 0 Å². The van der Waals surface area contributed by atoms with Crippen LogP contribution >= 0.6 is 0 Å². The second-order valence-corrected chi connectivity index (χ2v) is 5.36. The molecule has 94 valence electrons. The fourth-order valence-electron chi connectivity index (χ4n) is 1.90. The first-order valence-corrected chi connectivity index (χ1v) is 6.08. The van der Waals surface area contributed by atoms with Gasteiger partial charge in [-0.15, -0.1) is 0 Å². The number of benzene rings is 1. The van der Waals surface area contributed by atoms with E-state index in [0.717, 1.165) is 12.0 Å². The Kier molecular flexibility index (Phi) is 4.33. The van der Waals surface area contributed by atoms with Crippen LogP contribution in [0.25, 0.3) is 0 Å². The van der Waals surface area contributed by atoms with E-state index >= 15 is 0 Å². The number of rotatable bonds is 3. The van der Waals surface area contributed by atoms with Gasteiger partial charge in [-0.05, 0) is 23.0 Å². The smallest absolute Gasteiger partial charge is 0.313 e. The lowest BCUT2D eigenvalue weighted by atomic mass is 9.85. The standard InChI is InChI=1S/C15H22O2/c1-6-13(14(16)17-5)11-7-9-12(10-8-11)15(2,3)4/h7-10,13H,6H2,1-5H3. The molecule has 0 saturated carbocycles. The van der Waals surface area contributed by atoms with E-state index in [1.54, 1.807) is 0 Å². The van der Waals surface area contributed by atoms with Crippen molar-refractivity contribution in [3.8, 4) is 0 Å². The van der Waals surface area contributed by atoms with E-state index in [1.165, 1.54) is 12.7 Å². The van der Waals surface area contributed by atoms with Gasteiger partial charge < -0.3 is 4.74 Å². The molecule has 0 fully saturated rings. The lowest BCUT2D eigenvalue weighted by Gasteiger charge is -2.20. The van der Waals surface area contributed by atoms with Crippen LogP contribution in [0.4, 0.5) is 0 Å². The van der Waals surface area contributed by atoms with Crippen molar-refractivity contribution in [2.75, 3.05) is 7.11 Å². The molecule has 0 bridgehead atoms. The number of ether oxygens (including phenoxy) is 1. The zero-order valence-corrected chi connectivity index (χ0v) is 11.4. The Bertz CT molecular complexity index is 371. The first-order chi connectivity index (χ1) is 7.90. The van der Waals surface area contributed by atoms with Crippen molar-refractivity contribution in [3.05, 3.63) is 35.4 Å². The predicted molar refractivity (Wildman–Crippen MR) is 70.2 cm³/mol. The molecule has 0 aliphatic carbocycles. The Morgan fingerprint density at radius 2 is 1.76 bits per heavy atom. The average Bonchev–Trinajstić information content (AvgIpc) is 2.29. The molecule has 0 N–H and O–H groups in total. The largest absolute Gasteiger partial charge is 0.469 e. The molecule has 2 heteroatoms. The van der Waals surface area contributed by atoms with E-state index in [0.29, 0.717) is 0 Å². The average molecular weight is 234 g/mol. The van der Waals surface area contributed by atoms with Crippen LogP contribution in [0.2, 0.25) is 0 Å². The van der Waals surface area contributed by atoms with Crippen molar-refractivity contribution in [1.82, 2.24) is 0 Å². The van der Waals surface area contributed by atoms with Gasteiger partial charge in [0.25, 0.3) is 0 Å². The van der Waals surface area contributed by atoms with E-state index in [4.69, 9.17) is 4.74 Å². The summed E-state index contributed by atoms with van der Waals surface area (Å²) >= 11 is 0. The summed E-state index contributed by atoms with van der Waals surface area (Å²) in [4.78, 5) is 11.6. The van der Waals surface area contributed by atoms with Crippen LogP contribution in [0.1, 0.15) is 51.2 Å². The van der Waals surface area contributed by atoms with Crippen LogP contribution in [0.5, 0.6) is 0 Å². The first kappa shape index (κ1) is 13.8. The predicted octanol–water partition coefficient (Wildman–Crippen LogP) is 3.65. The molecule has 0 spiro atoms. The quantitative estimate of drug-likeness (QED) is 0.746. The summed E-state index contributed by atoms with van der Waals surface area (Å²) in [7, 11) is 1.44. The fraction of sp³-hybridized carbons (Fsp3) is 0.533. The number of esters is 1. The zero-order valence-electron chi connectivity index (χ0n) is 11.4. The summed E-state index contributed by atoms with van der Waals surface area (Å²) in [5, 5.41) is 0. The number of methoxy groups -OCH3 is 1. The van der Waals surface area contributed by atoms with Crippen LogP contribution < -0.4 is 0 Å². The SMILES string of the molecule is CCC(C(=O)OC)c1ccc(C(C)(C)C)cc1. The molecule has 0 aliphatic rings. The first-order valence-electron chi connectivity index (χ1n) is 6.08. The maximum absolute atomic E-state index is 11.6. The van der Waals surface area contributed by atoms with Crippen LogP contribution in [0.15, 0.2) is 24.3 Å². The minimum Gasteiger partial charge on any atom is -0.469 e. The minimum atomic E-state index is -0.156. The van der Waals surface area contributed by atoms with Crippen molar-refractivity contribution in [3.63, 3.8) is 0 Å². The number of carbonyl (C=O) groups excluding carboxylic acids is 1. The highest BCUT2D eigenvalue weighted by Crippen LogP contribution is 2.26. The summed E-state index contributed by atoms with van der Waals surface area (Å²) in [6, 6.07) is 8.26. The van der Waals surface area contributed by atoms with Gasteiger partial charge in [-0.25, -0.2) is 0 Å². The second kappa shape index (κ2) is 5.35. The molecule has 1 aromatic rings. The Hall–Kier alpha value is -1.31. The maximum Gasteiger partial charge on any atom is 0.313 e. The minimum absolute atomic E-state index is 0.144. The van der Waals surface area contributed by atoms with Crippen molar-refractivity contribution >= 4 is 5.97 Å². The van der Waals surface area contributed by atoms with E-state index in [-0.39, 0.29) is 17.3 Å². The zero-order chi connectivity index (χ0) is 13.1. The van der Waals surface area contributed by atoms with Gasteiger partial charge in [0.15, 0.2) is 0 Å². The topological polar surface area (TPSA) is 26.3 Å². The summed E-state index contributed by atoms with van der Waals surface area (Å²) in [6.07, 6.45) is 0.765. The number of carbonyl (C=O) groups is 1. The van der Waals surface area contributed by atoms with Gasteiger partial charge in [0.05, 0.1) is 13.0 Å². The van der Waals surface area contributed by atoms with Crippen molar-refractivity contribution in [2.45, 2.75) is 45.4 Å². The van der Waals surface area contributed by atoms with Gasteiger partial charge in [0, 0.05) is 0 Å². The molecule has 1 unspecified atom stereocenters. The van der Waals surface area contributed by atoms with Crippen molar-refractivity contribution in [2.24, 2.45) is 0 Å². The van der Waals surface area contributed by atoms with Gasteiger partial charge >= 0.3 is 5.97 Å². The Labute approximate surface area is 104 Å².